The van der Waals surface area contributed by atoms with Crippen LogP contribution in [0.2, 0.25) is 0 Å². The number of nitrogens with zero attached hydrogens (tertiary/aromatic N) is 2. The molecule has 3 nitrogen and oxygen atoms in total. The molecule has 1 aromatic carbocycles. The Morgan fingerprint density at radius 1 is 1.15 bits per heavy atom. The van der Waals surface area contributed by atoms with Gasteiger partial charge >= 0.3 is 0 Å². The Morgan fingerprint density at radius 2 is 1.85 bits per heavy atom. The largest absolute Gasteiger partial charge is 0.316 e. The maximum absolute atomic E-state index is 3.22. The van der Waals surface area contributed by atoms with Gasteiger partial charge in [0.25, 0.3) is 0 Å². The van der Waals surface area contributed by atoms with E-state index in [-0.39, 0.29) is 0 Å². The second-order valence-electron chi connectivity index (χ2n) is 5.92. The van der Waals surface area contributed by atoms with E-state index in [2.05, 4.69) is 53.2 Å². The molecule has 1 aliphatic heterocycles. The molecule has 2 rings (SSSR count). The van der Waals surface area contributed by atoms with Gasteiger partial charge in [0.1, 0.15) is 0 Å². The van der Waals surface area contributed by atoms with Crippen LogP contribution in [0.3, 0.4) is 0 Å². The monoisotopic (exact) mass is 275 g/mol. The number of benzene rings is 1. The van der Waals surface area contributed by atoms with Crippen LogP contribution in [-0.2, 0) is 13.1 Å². The summed E-state index contributed by atoms with van der Waals surface area (Å²) in [6.07, 6.45) is 1.26. The summed E-state index contributed by atoms with van der Waals surface area (Å²) in [5.74, 6) is 0. The fourth-order valence-electron chi connectivity index (χ4n) is 2.92. The Balaban J connectivity index is 1.84. The minimum absolute atomic E-state index is 0.733. The molecule has 0 aliphatic carbocycles. The van der Waals surface area contributed by atoms with Crippen LogP contribution in [0.4, 0.5) is 0 Å². The third-order valence-corrected chi connectivity index (χ3v) is 4.40. The van der Waals surface area contributed by atoms with Gasteiger partial charge in [-0.25, -0.2) is 0 Å². The second-order valence-corrected chi connectivity index (χ2v) is 5.92. The van der Waals surface area contributed by atoms with Crippen molar-refractivity contribution in [1.29, 1.82) is 0 Å². The Morgan fingerprint density at radius 3 is 2.50 bits per heavy atom. The van der Waals surface area contributed by atoms with Crippen LogP contribution in [0.5, 0.6) is 0 Å². The third kappa shape index (κ3) is 4.30. The lowest BCUT2D eigenvalue weighted by Gasteiger charge is -2.37. The summed E-state index contributed by atoms with van der Waals surface area (Å²) >= 11 is 0. The maximum Gasteiger partial charge on any atom is 0.0234 e. The molecule has 20 heavy (non-hydrogen) atoms. The first-order valence-corrected chi connectivity index (χ1v) is 7.91. The van der Waals surface area contributed by atoms with Gasteiger partial charge in [-0.2, -0.15) is 0 Å². The molecule has 1 N–H and O–H groups in total. The molecule has 112 valence electrons. The standard InChI is InChI=1S/C17H29N3/c1-4-15(2)20-10-8-19(9-11-20)14-17-7-5-6-16(12-17)13-18-3/h5-7,12,15,18H,4,8-11,13-14H2,1-3H3. The molecule has 0 amide bonds. The molecule has 0 spiro atoms. The Bertz CT molecular complexity index is 397. The molecule has 0 saturated carbocycles. The predicted octanol–water partition coefficient (Wildman–Crippen LogP) is 2.32. The van der Waals surface area contributed by atoms with Crippen molar-refractivity contribution >= 4 is 0 Å². The molecule has 1 saturated heterocycles. The molecular weight excluding hydrogens is 246 g/mol. The predicted molar refractivity (Wildman–Crippen MR) is 85.8 cm³/mol. The zero-order chi connectivity index (χ0) is 14.4. The summed E-state index contributed by atoms with van der Waals surface area (Å²) in [6, 6.07) is 9.69. The summed E-state index contributed by atoms with van der Waals surface area (Å²) in [4.78, 5) is 5.20. The average molecular weight is 275 g/mol. The van der Waals surface area contributed by atoms with Gasteiger partial charge in [-0.3, -0.25) is 9.80 Å². The molecule has 3 heteroatoms. The van der Waals surface area contributed by atoms with Crippen LogP contribution in [-0.4, -0.2) is 49.1 Å². The normalized spacial score (nSPS) is 19.1. The highest BCUT2D eigenvalue weighted by molar-refractivity contribution is 5.23. The smallest absolute Gasteiger partial charge is 0.0234 e. The number of hydrogen-bond donors (Lipinski definition) is 1. The van der Waals surface area contributed by atoms with Crippen molar-refractivity contribution in [1.82, 2.24) is 15.1 Å². The van der Waals surface area contributed by atoms with Crippen LogP contribution in [0, 0.1) is 0 Å². The minimum atomic E-state index is 0.733. The minimum Gasteiger partial charge on any atom is -0.316 e. The third-order valence-electron chi connectivity index (χ3n) is 4.40. The molecule has 1 heterocycles. The van der Waals surface area contributed by atoms with Crippen molar-refractivity contribution < 1.29 is 0 Å². The summed E-state index contributed by atoms with van der Waals surface area (Å²) in [5.41, 5.74) is 2.82. The van der Waals surface area contributed by atoms with E-state index in [0.29, 0.717) is 0 Å². The molecule has 1 aromatic rings. The molecule has 0 aromatic heterocycles. The molecule has 0 radical (unpaired) electrons. The van der Waals surface area contributed by atoms with Crippen LogP contribution >= 0.6 is 0 Å². The highest BCUT2D eigenvalue weighted by atomic mass is 15.3. The van der Waals surface area contributed by atoms with E-state index in [1.54, 1.807) is 0 Å². The molecular formula is C17H29N3. The number of hydrogen-bond acceptors (Lipinski definition) is 3. The first kappa shape index (κ1) is 15.5. The lowest BCUT2D eigenvalue weighted by molar-refractivity contribution is 0.0963. The topological polar surface area (TPSA) is 18.5 Å². The lowest BCUT2D eigenvalue weighted by Crippen LogP contribution is -2.48. The lowest BCUT2D eigenvalue weighted by atomic mass is 10.1. The summed E-state index contributed by atoms with van der Waals surface area (Å²) in [5, 5.41) is 3.22. The van der Waals surface area contributed by atoms with Crippen LogP contribution < -0.4 is 5.32 Å². The van der Waals surface area contributed by atoms with Gasteiger partial charge in [0, 0.05) is 45.3 Å². The Labute approximate surface area is 124 Å². The van der Waals surface area contributed by atoms with E-state index in [4.69, 9.17) is 0 Å². The van der Waals surface area contributed by atoms with Crippen molar-refractivity contribution in [2.45, 2.75) is 39.4 Å². The molecule has 1 fully saturated rings. The van der Waals surface area contributed by atoms with Gasteiger partial charge < -0.3 is 5.32 Å². The van der Waals surface area contributed by atoms with Crippen molar-refractivity contribution in [2.24, 2.45) is 0 Å². The first-order chi connectivity index (χ1) is 9.72. The van der Waals surface area contributed by atoms with Gasteiger partial charge in [0.05, 0.1) is 0 Å². The second kappa shape index (κ2) is 7.77. The van der Waals surface area contributed by atoms with Crippen molar-refractivity contribution in [3.05, 3.63) is 35.4 Å². The van der Waals surface area contributed by atoms with E-state index in [1.165, 1.54) is 43.7 Å². The van der Waals surface area contributed by atoms with Gasteiger partial charge in [-0.15, -0.1) is 0 Å². The van der Waals surface area contributed by atoms with E-state index < -0.39 is 0 Å². The molecule has 1 atom stereocenters. The van der Waals surface area contributed by atoms with Crippen LogP contribution in [0.15, 0.2) is 24.3 Å². The maximum atomic E-state index is 3.22. The quantitative estimate of drug-likeness (QED) is 0.859. The Hall–Kier alpha value is -0.900. The summed E-state index contributed by atoms with van der Waals surface area (Å²) in [6.45, 7) is 11.5. The first-order valence-electron chi connectivity index (χ1n) is 7.91. The van der Waals surface area contributed by atoms with Gasteiger partial charge in [-0.1, -0.05) is 31.2 Å². The number of rotatable bonds is 6. The van der Waals surface area contributed by atoms with Gasteiger partial charge in [-0.05, 0) is 31.5 Å². The molecule has 1 unspecified atom stereocenters. The average Bonchev–Trinajstić information content (AvgIpc) is 2.48. The van der Waals surface area contributed by atoms with Crippen LogP contribution in [0.25, 0.3) is 0 Å². The SMILES string of the molecule is CCC(C)N1CCN(Cc2cccc(CNC)c2)CC1. The molecule has 0 bridgehead atoms. The molecule has 1 aliphatic rings. The zero-order valence-corrected chi connectivity index (χ0v) is 13.2. The summed E-state index contributed by atoms with van der Waals surface area (Å²) < 4.78 is 0. The fraction of sp³-hybridized carbons (Fsp3) is 0.647. The van der Waals surface area contributed by atoms with Crippen molar-refractivity contribution in [3.63, 3.8) is 0 Å². The highest BCUT2D eigenvalue weighted by Crippen LogP contribution is 2.13. The van der Waals surface area contributed by atoms with Crippen molar-refractivity contribution in [3.8, 4) is 0 Å². The highest BCUT2D eigenvalue weighted by Gasteiger charge is 2.19. The fourth-order valence-corrected chi connectivity index (χ4v) is 2.92. The van der Waals surface area contributed by atoms with Crippen molar-refractivity contribution in [2.75, 3.05) is 33.2 Å². The van der Waals surface area contributed by atoms with Gasteiger partial charge in [0.15, 0.2) is 0 Å². The Kier molecular flexibility index (Phi) is 6.02. The van der Waals surface area contributed by atoms with E-state index in [9.17, 15) is 0 Å². The zero-order valence-electron chi connectivity index (χ0n) is 13.2. The van der Waals surface area contributed by atoms with E-state index in [1.807, 2.05) is 7.05 Å². The van der Waals surface area contributed by atoms with Gasteiger partial charge in [0.2, 0.25) is 0 Å². The number of piperazine rings is 1. The summed E-state index contributed by atoms with van der Waals surface area (Å²) in [7, 11) is 2.00. The van der Waals surface area contributed by atoms with Crippen LogP contribution in [0.1, 0.15) is 31.4 Å². The number of nitrogens with one attached hydrogen (secondary N) is 1. The van der Waals surface area contributed by atoms with E-state index in [0.717, 1.165) is 19.1 Å². The van der Waals surface area contributed by atoms with E-state index >= 15 is 0 Å².